The van der Waals surface area contributed by atoms with Gasteiger partial charge in [-0.15, -0.1) is 0 Å². The van der Waals surface area contributed by atoms with Crippen LogP contribution < -0.4 is 16.0 Å². The van der Waals surface area contributed by atoms with Crippen molar-refractivity contribution in [3.8, 4) is 0 Å². The monoisotopic (exact) mass is 419 g/mol. The van der Waals surface area contributed by atoms with Gasteiger partial charge in [0.1, 0.15) is 0 Å². The summed E-state index contributed by atoms with van der Waals surface area (Å²) in [7, 11) is 3.96. The van der Waals surface area contributed by atoms with Crippen LogP contribution >= 0.6 is 0 Å². The Balaban J connectivity index is 2.74. The number of carbonyl (C=O) groups is 1. The van der Waals surface area contributed by atoms with Crippen LogP contribution in [0.1, 0.15) is 62.4 Å². The first-order valence-corrected chi connectivity index (χ1v) is 11.1. The molecular formula is C23H41N5O2. The minimum atomic E-state index is -0.718. The van der Waals surface area contributed by atoms with Gasteiger partial charge < -0.3 is 26.0 Å². The number of benzene rings is 1. The molecule has 170 valence electrons. The number of carbonyl (C=O) groups excluding carboxylic acids is 1. The lowest BCUT2D eigenvalue weighted by molar-refractivity contribution is 0.0257. The Labute approximate surface area is 182 Å². The summed E-state index contributed by atoms with van der Waals surface area (Å²) in [5.41, 5.74) is 0.883. The van der Waals surface area contributed by atoms with Crippen LogP contribution in [-0.4, -0.2) is 67.7 Å². The quantitative estimate of drug-likeness (QED) is 0.291. The van der Waals surface area contributed by atoms with E-state index >= 15 is 0 Å². The third-order valence-corrected chi connectivity index (χ3v) is 4.81. The zero-order valence-corrected chi connectivity index (χ0v) is 19.4. The second kappa shape index (κ2) is 14.0. The molecule has 1 aromatic carbocycles. The van der Waals surface area contributed by atoms with Gasteiger partial charge in [-0.2, -0.15) is 0 Å². The van der Waals surface area contributed by atoms with Crippen molar-refractivity contribution in [2.45, 2.75) is 58.6 Å². The second-order valence-electron chi connectivity index (χ2n) is 8.03. The first kappa shape index (κ1) is 25.9. The topological polar surface area (TPSA) is 89.0 Å². The molecule has 0 spiro atoms. The van der Waals surface area contributed by atoms with E-state index in [1.54, 1.807) is 0 Å². The zero-order valence-electron chi connectivity index (χ0n) is 19.4. The van der Waals surface area contributed by atoms with Gasteiger partial charge in [0.05, 0.1) is 12.1 Å². The summed E-state index contributed by atoms with van der Waals surface area (Å²) in [6.45, 7) is 9.26. The SMILES string of the molecule is CCCC(O)(CCC)CNC(=NCc1cccc(C(=O)NCCN(C)C)c1)NCC. The van der Waals surface area contributed by atoms with Crippen LogP contribution in [0.3, 0.4) is 0 Å². The highest BCUT2D eigenvalue weighted by atomic mass is 16.3. The lowest BCUT2D eigenvalue weighted by atomic mass is 9.93. The Morgan fingerprint density at radius 2 is 1.80 bits per heavy atom. The highest BCUT2D eigenvalue weighted by molar-refractivity contribution is 5.94. The maximum atomic E-state index is 12.3. The Bertz CT molecular complexity index is 655. The van der Waals surface area contributed by atoms with E-state index < -0.39 is 5.60 Å². The van der Waals surface area contributed by atoms with Gasteiger partial charge >= 0.3 is 0 Å². The number of nitrogens with zero attached hydrogens (tertiary/aromatic N) is 2. The summed E-state index contributed by atoms with van der Waals surface area (Å²) >= 11 is 0. The van der Waals surface area contributed by atoms with Crippen LogP contribution in [0.15, 0.2) is 29.3 Å². The molecule has 0 saturated heterocycles. The molecule has 0 aromatic heterocycles. The van der Waals surface area contributed by atoms with Gasteiger partial charge in [0, 0.05) is 31.7 Å². The molecule has 0 aliphatic carbocycles. The number of hydrogen-bond donors (Lipinski definition) is 4. The van der Waals surface area contributed by atoms with Gasteiger partial charge in [-0.25, -0.2) is 4.99 Å². The van der Waals surface area contributed by atoms with E-state index in [1.165, 1.54) is 0 Å². The second-order valence-corrected chi connectivity index (χ2v) is 8.03. The molecule has 7 nitrogen and oxygen atoms in total. The normalized spacial score (nSPS) is 12.2. The molecule has 30 heavy (non-hydrogen) atoms. The van der Waals surface area contributed by atoms with E-state index in [2.05, 4.69) is 34.8 Å². The van der Waals surface area contributed by atoms with E-state index in [0.29, 0.717) is 31.2 Å². The van der Waals surface area contributed by atoms with Crippen molar-refractivity contribution in [2.75, 3.05) is 40.3 Å². The fourth-order valence-electron chi connectivity index (χ4n) is 3.30. The minimum absolute atomic E-state index is 0.0723. The molecule has 0 fully saturated rings. The maximum absolute atomic E-state index is 12.3. The molecule has 0 bridgehead atoms. The van der Waals surface area contributed by atoms with Gasteiger partial charge in [-0.05, 0) is 51.6 Å². The number of aliphatic hydroxyl groups is 1. The number of rotatable bonds is 13. The molecule has 1 rings (SSSR count). The first-order chi connectivity index (χ1) is 14.3. The summed E-state index contributed by atoms with van der Waals surface area (Å²) < 4.78 is 0. The third kappa shape index (κ3) is 10.1. The van der Waals surface area contributed by atoms with Crippen molar-refractivity contribution in [3.05, 3.63) is 35.4 Å². The van der Waals surface area contributed by atoms with Crippen LogP contribution in [0.5, 0.6) is 0 Å². The largest absolute Gasteiger partial charge is 0.388 e. The molecule has 0 unspecified atom stereocenters. The van der Waals surface area contributed by atoms with E-state index in [9.17, 15) is 9.90 Å². The van der Waals surface area contributed by atoms with Crippen LogP contribution in [0.2, 0.25) is 0 Å². The summed E-state index contributed by atoms with van der Waals surface area (Å²) in [5.74, 6) is 0.598. The first-order valence-electron chi connectivity index (χ1n) is 11.1. The predicted octanol–water partition coefficient (Wildman–Crippen LogP) is 2.36. The van der Waals surface area contributed by atoms with Crippen molar-refractivity contribution in [1.82, 2.24) is 20.9 Å². The smallest absolute Gasteiger partial charge is 0.251 e. The van der Waals surface area contributed by atoms with Crippen LogP contribution in [0, 0.1) is 0 Å². The number of guanidine groups is 1. The molecule has 4 N–H and O–H groups in total. The summed E-state index contributed by atoms with van der Waals surface area (Å²) in [5, 5.41) is 20.3. The van der Waals surface area contributed by atoms with Gasteiger partial charge in [-0.3, -0.25) is 4.79 Å². The third-order valence-electron chi connectivity index (χ3n) is 4.81. The van der Waals surface area contributed by atoms with E-state index in [-0.39, 0.29) is 5.91 Å². The number of amides is 1. The number of hydrogen-bond acceptors (Lipinski definition) is 4. The van der Waals surface area contributed by atoms with Gasteiger partial charge in [0.15, 0.2) is 5.96 Å². The molecule has 0 radical (unpaired) electrons. The maximum Gasteiger partial charge on any atom is 0.251 e. The molecule has 1 aromatic rings. The fourth-order valence-corrected chi connectivity index (χ4v) is 3.30. The molecule has 0 aliphatic heterocycles. The number of aliphatic imine (C=N–C) groups is 1. The molecular weight excluding hydrogens is 378 g/mol. The number of nitrogens with one attached hydrogen (secondary N) is 3. The lowest BCUT2D eigenvalue weighted by Crippen LogP contribution is -2.47. The summed E-state index contributed by atoms with van der Waals surface area (Å²) in [4.78, 5) is 19.0. The van der Waals surface area contributed by atoms with Gasteiger partial charge in [-0.1, -0.05) is 38.8 Å². The van der Waals surface area contributed by atoms with Crippen molar-refractivity contribution in [2.24, 2.45) is 4.99 Å². The van der Waals surface area contributed by atoms with Crippen molar-refractivity contribution >= 4 is 11.9 Å². The molecule has 0 heterocycles. The molecule has 0 aliphatic rings. The predicted molar refractivity (Wildman–Crippen MR) is 125 cm³/mol. The van der Waals surface area contributed by atoms with Crippen molar-refractivity contribution in [3.63, 3.8) is 0 Å². The molecule has 1 amide bonds. The molecule has 7 heteroatoms. The highest BCUT2D eigenvalue weighted by Crippen LogP contribution is 2.18. The van der Waals surface area contributed by atoms with Crippen LogP contribution in [0.4, 0.5) is 0 Å². The Hall–Kier alpha value is -2.12. The Morgan fingerprint density at radius 3 is 2.40 bits per heavy atom. The van der Waals surface area contributed by atoms with Crippen molar-refractivity contribution < 1.29 is 9.90 Å². The average Bonchev–Trinajstić information content (AvgIpc) is 2.70. The van der Waals surface area contributed by atoms with Crippen LogP contribution in [0.25, 0.3) is 0 Å². The van der Waals surface area contributed by atoms with Gasteiger partial charge in [0.25, 0.3) is 5.91 Å². The van der Waals surface area contributed by atoms with E-state index in [1.807, 2.05) is 50.2 Å². The highest BCUT2D eigenvalue weighted by Gasteiger charge is 2.24. The standard InChI is InChI=1S/C23H41N5O2/c1-6-12-23(30,13-7-2)18-27-22(24-8-3)26-17-19-10-9-11-20(16-19)21(29)25-14-15-28(4)5/h9-11,16,30H,6-8,12-15,17-18H2,1-5H3,(H,25,29)(H2,24,26,27). The lowest BCUT2D eigenvalue weighted by Gasteiger charge is -2.28. The summed E-state index contributed by atoms with van der Waals surface area (Å²) in [6, 6.07) is 7.54. The zero-order chi connectivity index (χ0) is 22.4. The van der Waals surface area contributed by atoms with Crippen LogP contribution in [-0.2, 0) is 6.54 Å². The Morgan fingerprint density at radius 1 is 1.10 bits per heavy atom. The molecule has 0 saturated carbocycles. The molecule has 0 atom stereocenters. The van der Waals surface area contributed by atoms with E-state index in [0.717, 1.165) is 44.3 Å². The van der Waals surface area contributed by atoms with E-state index in [4.69, 9.17) is 0 Å². The average molecular weight is 420 g/mol. The van der Waals surface area contributed by atoms with Crippen molar-refractivity contribution in [1.29, 1.82) is 0 Å². The van der Waals surface area contributed by atoms with Gasteiger partial charge in [0.2, 0.25) is 0 Å². The summed E-state index contributed by atoms with van der Waals surface area (Å²) in [6.07, 6.45) is 3.40. The Kier molecular flexibility index (Phi) is 12.1. The minimum Gasteiger partial charge on any atom is -0.388 e. The number of likely N-dealkylation sites (N-methyl/N-ethyl adjacent to an activating group) is 1. The fraction of sp³-hybridized carbons (Fsp3) is 0.652.